The van der Waals surface area contributed by atoms with Crippen LogP contribution in [0.25, 0.3) is 21.8 Å². The van der Waals surface area contributed by atoms with Crippen molar-refractivity contribution in [3.05, 3.63) is 72.1 Å². The van der Waals surface area contributed by atoms with Crippen LogP contribution in [-0.2, 0) is 5.66 Å². The van der Waals surface area contributed by atoms with Crippen LogP contribution < -0.4 is 0 Å². The third-order valence-corrected chi connectivity index (χ3v) is 7.62. The van der Waals surface area contributed by atoms with Gasteiger partial charge in [-0.15, -0.1) is 0 Å². The molecule has 0 aliphatic rings. The molecule has 0 fully saturated rings. The summed E-state index contributed by atoms with van der Waals surface area (Å²) in [6.07, 6.45) is 9.32. The van der Waals surface area contributed by atoms with Gasteiger partial charge in [0.1, 0.15) is 5.66 Å². The monoisotopic (exact) mass is 428 g/mol. The number of para-hydroxylation sites is 2. The third kappa shape index (κ3) is 4.00. The Hall–Kier alpha value is -2.48. The molecule has 2 aromatic carbocycles. The highest BCUT2D eigenvalue weighted by atomic mass is 15.3. The lowest BCUT2D eigenvalue weighted by atomic mass is 9.88. The molecule has 2 nitrogen and oxygen atoms in total. The van der Waals surface area contributed by atoms with Gasteiger partial charge in [0.15, 0.2) is 0 Å². The molecule has 170 valence electrons. The molecule has 0 amide bonds. The lowest BCUT2D eigenvalue weighted by molar-refractivity contribution is 0.155. The average molecular weight is 429 g/mol. The van der Waals surface area contributed by atoms with E-state index in [9.17, 15) is 0 Å². The minimum atomic E-state index is -0.177. The Morgan fingerprint density at radius 3 is 1.72 bits per heavy atom. The van der Waals surface area contributed by atoms with Gasteiger partial charge >= 0.3 is 0 Å². The van der Waals surface area contributed by atoms with Crippen LogP contribution in [0.1, 0.15) is 77.1 Å². The molecular weight excluding hydrogens is 388 g/mol. The van der Waals surface area contributed by atoms with Crippen molar-refractivity contribution in [3.8, 4) is 0 Å². The first-order valence-electron chi connectivity index (χ1n) is 12.6. The second-order valence-corrected chi connectivity index (χ2v) is 9.91. The predicted molar refractivity (Wildman–Crippen MR) is 140 cm³/mol. The van der Waals surface area contributed by atoms with E-state index < -0.39 is 0 Å². The van der Waals surface area contributed by atoms with Crippen LogP contribution in [0.15, 0.2) is 60.7 Å². The summed E-state index contributed by atoms with van der Waals surface area (Å²) in [5, 5.41) is 2.66. The average Bonchev–Trinajstić information content (AvgIpc) is 3.31. The number of aromatic nitrogens is 2. The molecule has 0 aliphatic carbocycles. The van der Waals surface area contributed by atoms with Gasteiger partial charge in [-0.1, -0.05) is 88.8 Å². The van der Waals surface area contributed by atoms with E-state index >= 15 is 0 Å². The van der Waals surface area contributed by atoms with Crippen LogP contribution in [0.3, 0.4) is 0 Å². The van der Waals surface area contributed by atoms with Crippen molar-refractivity contribution < 1.29 is 0 Å². The number of fused-ring (bicyclic) bond motifs is 2. The Labute approximate surface area is 194 Å². The van der Waals surface area contributed by atoms with Crippen molar-refractivity contribution in [2.75, 3.05) is 0 Å². The first-order valence-corrected chi connectivity index (χ1v) is 12.6. The molecule has 0 radical (unpaired) electrons. The third-order valence-electron chi connectivity index (χ3n) is 7.62. The molecule has 1 atom stereocenters. The fourth-order valence-electron chi connectivity index (χ4n) is 5.83. The molecule has 0 aliphatic heterocycles. The molecule has 4 aromatic rings. The molecule has 2 heterocycles. The van der Waals surface area contributed by atoms with Crippen LogP contribution in [0, 0.1) is 19.8 Å². The summed E-state index contributed by atoms with van der Waals surface area (Å²) in [4.78, 5) is 0. The van der Waals surface area contributed by atoms with E-state index in [1.807, 2.05) is 0 Å². The van der Waals surface area contributed by atoms with Gasteiger partial charge in [0.2, 0.25) is 0 Å². The highest BCUT2D eigenvalue weighted by Crippen LogP contribution is 2.40. The minimum Gasteiger partial charge on any atom is -0.321 e. The van der Waals surface area contributed by atoms with Crippen molar-refractivity contribution in [1.82, 2.24) is 9.13 Å². The Balaban J connectivity index is 1.80. The Bertz CT molecular complexity index is 1100. The first-order chi connectivity index (χ1) is 15.5. The largest absolute Gasteiger partial charge is 0.321 e. The van der Waals surface area contributed by atoms with E-state index in [1.54, 1.807) is 0 Å². The summed E-state index contributed by atoms with van der Waals surface area (Å²) >= 11 is 0. The molecule has 1 unspecified atom stereocenters. The number of aryl methyl sites for hydroxylation is 2. The van der Waals surface area contributed by atoms with Crippen LogP contribution in [0.4, 0.5) is 0 Å². The molecule has 0 bridgehead atoms. The Morgan fingerprint density at radius 1 is 0.719 bits per heavy atom. The van der Waals surface area contributed by atoms with E-state index in [2.05, 4.69) is 104 Å². The highest BCUT2D eigenvalue weighted by Gasteiger charge is 2.38. The van der Waals surface area contributed by atoms with E-state index in [0.29, 0.717) is 5.92 Å². The van der Waals surface area contributed by atoms with Gasteiger partial charge in [-0.05, 0) is 68.1 Å². The molecule has 0 saturated carbocycles. The van der Waals surface area contributed by atoms with Crippen LogP contribution in [0.2, 0.25) is 0 Å². The number of nitrogens with zero attached hydrogens (tertiary/aromatic N) is 2. The van der Waals surface area contributed by atoms with Crippen LogP contribution in [-0.4, -0.2) is 9.13 Å². The Kier molecular flexibility index (Phi) is 6.79. The molecule has 32 heavy (non-hydrogen) atoms. The van der Waals surface area contributed by atoms with Crippen molar-refractivity contribution in [2.24, 2.45) is 5.92 Å². The molecule has 2 heteroatoms. The normalized spacial score (nSPS) is 13.3. The quantitative estimate of drug-likeness (QED) is 0.223. The fourth-order valence-corrected chi connectivity index (χ4v) is 5.83. The van der Waals surface area contributed by atoms with E-state index in [4.69, 9.17) is 0 Å². The van der Waals surface area contributed by atoms with Gasteiger partial charge in [-0.2, -0.15) is 0 Å². The first kappa shape index (κ1) is 22.7. The lowest BCUT2D eigenvalue weighted by Gasteiger charge is -2.42. The van der Waals surface area contributed by atoms with Crippen LogP contribution in [0.5, 0.6) is 0 Å². The highest BCUT2D eigenvalue weighted by molar-refractivity contribution is 5.83. The summed E-state index contributed by atoms with van der Waals surface area (Å²) in [5.41, 5.74) is 5.16. The van der Waals surface area contributed by atoms with Crippen molar-refractivity contribution in [1.29, 1.82) is 0 Å². The predicted octanol–water partition coefficient (Wildman–Crippen LogP) is 8.82. The fraction of sp³-hybridized carbons (Fsp3) is 0.467. The van der Waals surface area contributed by atoms with Crippen LogP contribution >= 0.6 is 0 Å². The molecule has 4 rings (SSSR count). The summed E-state index contributed by atoms with van der Waals surface area (Å²) < 4.78 is 5.23. The summed E-state index contributed by atoms with van der Waals surface area (Å²) in [7, 11) is 0. The summed E-state index contributed by atoms with van der Waals surface area (Å²) in [6.45, 7) is 11.8. The van der Waals surface area contributed by atoms with Crippen molar-refractivity contribution >= 4 is 21.8 Å². The second-order valence-electron chi connectivity index (χ2n) is 9.91. The topological polar surface area (TPSA) is 9.86 Å². The van der Waals surface area contributed by atoms with Gasteiger partial charge in [0, 0.05) is 11.4 Å². The molecular formula is C30H40N2. The molecule has 0 saturated heterocycles. The van der Waals surface area contributed by atoms with Gasteiger partial charge in [0.05, 0.1) is 11.0 Å². The van der Waals surface area contributed by atoms with Gasteiger partial charge < -0.3 is 9.13 Å². The SMILES string of the molecule is CCCCCCCCC(C)C(C)(n1c(C)cc2ccccc21)n1c(C)cc2ccccc21. The summed E-state index contributed by atoms with van der Waals surface area (Å²) in [5.74, 6) is 0.498. The van der Waals surface area contributed by atoms with Gasteiger partial charge in [-0.25, -0.2) is 0 Å². The maximum absolute atomic E-state index is 2.61. The lowest BCUT2D eigenvalue weighted by Crippen LogP contribution is -2.45. The maximum atomic E-state index is 2.61. The van der Waals surface area contributed by atoms with E-state index in [1.165, 1.54) is 78.1 Å². The minimum absolute atomic E-state index is 0.177. The maximum Gasteiger partial charge on any atom is 0.121 e. The van der Waals surface area contributed by atoms with Gasteiger partial charge in [-0.3, -0.25) is 0 Å². The zero-order valence-corrected chi connectivity index (χ0v) is 20.7. The van der Waals surface area contributed by atoms with E-state index in [-0.39, 0.29) is 5.66 Å². The standard InChI is InChI=1S/C30H40N2/c1-6-7-8-9-10-11-16-23(2)30(5,31-24(3)21-26-17-12-14-19-28(26)31)32-25(4)22-27-18-13-15-20-29(27)32/h12-15,17-23H,6-11,16H2,1-5H3. The number of benzene rings is 2. The Morgan fingerprint density at radius 2 is 1.19 bits per heavy atom. The number of hydrogen-bond donors (Lipinski definition) is 0. The zero-order valence-electron chi connectivity index (χ0n) is 20.7. The second kappa shape index (κ2) is 9.57. The number of unbranched alkanes of at least 4 members (excludes halogenated alkanes) is 5. The summed E-state index contributed by atoms with van der Waals surface area (Å²) in [6, 6.07) is 22.4. The molecule has 2 aromatic heterocycles. The van der Waals surface area contributed by atoms with E-state index in [0.717, 1.165) is 0 Å². The van der Waals surface area contributed by atoms with Crippen molar-refractivity contribution in [2.45, 2.75) is 85.2 Å². The number of rotatable bonds is 10. The zero-order chi connectivity index (χ0) is 22.7. The van der Waals surface area contributed by atoms with Crippen molar-refractivity contribution in [3.63, 3.8) is 0 Å². The smallest absolute Gasteiger partial charge is 0.121 e. The van der Waals surface area contributed by atoms with Gasteiger partial charge in [0.25, 0.3) is 0 Å². The molecule has 0 N–H and O–H groups in total. The number of hydrogen-bond acceptors (Lipinski definition) is 0. The molecule has 0 spiro atoms.